The third kappa shape index (κ3) is 6.10. The number of thiocarbonyl (C=S) groups is 1. The monoisotopic (exact) mass is 466 g/mol. The highest BCUT2D eigenvalue weighted by Gasteiger charge is 2.27. The smallest absolute Gasteiger partial charge is 0.166 e. The summed E-state index contributed by atoms with van der Waals surface area (Å²) in [6, 6.07) is 9.33. The molecule has 1 aromatic carbocycles. The highest BCUT2D eigenvalue weighted by Crippen LogP contribution is 2.34. The van der Waals surface area contributed by atoms with Crippen LogP contribution >= 0.6 is 12.2 Å². The molecular weight excluding hydrogens is 424 g/mol. The Hall–Kier alpha value is -1.59. The molecule has 0 spiro atoms. The number of aromatic amines is 1. The molecule has 3 fully saturated rings. The second-order valence-corrected chi connectivity index (χ2v) is 11.3. The standard InChI is InChI=1S/C28H42N4S/c33-28(30-18-21-6-2-1-3-7-21)31-24-12-10-22(11-13-24)20-32-16-14-23(15-17-32)26-19-29-27-9-5-4-8-25(26)27/h4-5,8-9,19,21-24,29H,1-3,6-7,10-18,20H2,(H2,30,31,33). The summed E-state index contributed by atoms with van der Waals surface area (Å²) in [6.45, 7) is 4.85. The minimum atomic E-state index is 0.570. The first kappa shape index (κ1) is 23.2. The summed E-state index contributed by atoms with van der Waals surface area (Å²) in [4.78, 5) is 6.21. The van der Waals surface area contributed by atoms with Crippen LogP contribution in [0.3, 0.4) is 0 Å². The van der Waals surface area contributed by atoms with Crippen LogP contribution in [0.5, 0.6) is 0 Å². The molecule has 2 heterocycles. The Labute approximate surface area is 205 Å². The fraction of sp³-hybridized carbons (Fsp3) is 0.679. The van der Waals surface area contributed by atoms with E-state index < -0.39 is 0 Å². The number of hydrogen-bond acceptors (Lipinski definition) is 2. The van der Waals surface area contributed by atoms with E-state index in [4.69, 9.17) is 12.2 Å². The molecule has 3 N–H and O–H groups in total. The number of rotatable bonds is 6. The summed E-state index contributed by atoms with van der Waals surface area (Å²) in [7, 11) is 0. The van der Waals surface area contributed by atoms with E-state index in [2.05, 4.69) is 51.0 Å². The Morgan fingerprint density at radius 3 is 2.45 bits per heavy atom. The first-order chi connectivity index (χ1) is 16.2. The van der Waals surface area contributed by atoms with Crippen molar-refractivity contribution >= 4 is 28.2 Å². The highest BCUT2D eigenvalue weighted by molar-refractivity contribution is 7.80. The van der Waals surface area contributed by atoms with Gasteiger partial charge in [-0.1, -0.05) is 37.5 Å². The first-order valence-electron chi connectivity index (χ1n) is 13.6. The Balaban J connectivity index is 0.996. The maximum absolute atomic E-state index is 5.61. The zero-order valence-electron chi connectivity index (χ0n) is 20.2. The third-order valence-corrected chi connectivity index (χ3v) is 8.89. The summed E-state index contributed by atoms with van der Waals surface area (Å²) < 4.78 is 0. The van der Waals surface area contributed by atoms with Crippen molar-refractivity contribution in [2.75, 3.05) is 26.2 Å². The van der Waals surface area contributed by atoms with Gasteiger partial charge in [0.25, 0.3) is 0 Å². The third-order valence-electron chi connectivity index (χ3n) is 8.62. The van der Waals surface area contributed by atoms with Gasteiger partial charge < -0.3 is 20.5 Å². The average Bonchev–Trinajstić information content (AvgIpc) is 3.29. The molecule has 5 heteroatoms. The summed E-state index contributed by atoms with van der Waals surface area (Å²) in [5.41, 5.74) is 2.81. The maximum Gasteiger partial charge on any atom is 0.166 e. The summed E-state index contributed by atoms with van der Waals surface area (Å²) >= 11 is 5.61. The van der Waals surface area contributed by atoms with Gasteiger partial charge in [0.1, 0.15) is 0 Å². The molecule has 0 radical (unpaired) electrons. The number of likely N-dealkylation sites (tertiary alicyclic amines) is 1. The van der Waals surface area contributed by atoms with Gasteiger partial charge in [0, 0.05) is 36.2 Å². The van der Waals surface area contributed by atoms with Crippen molar-refractivity contribution in [3.63, 3.8) is 0 Å². The van der Waals surface area contributed by atoms with Crippen LogP contribution in [0, 0.1) is 11.8 Å². The van der Waals surface area contributed by atoms with Crippen LogP contribution in [0.4, 0.5) is 0 Å². The molecule has 1 aromatic heterocycles. The molecule has 180 valence electrons. The van der Waals surface area contributed by atoms with E-state index in [0.29, 0.717) is 12.0 Å². The predicted molar refractivity (Wildman–Crippen MR) is 143 cm³/mol. The molecule has 2 saturated carbocycles. The van der Waals surface area contributed by atoms with Crippen LogP contribution in [-0.4, -0.2) is 47.2 Å². The van der Waals surface area contributed by atoms with Crippen LogP contribution < -0.4 is 10.6 Å². The number of hydrogen-bond donors (Lipinski definition) is 3. The SMILES string of the molecule is S=C(NCC1CCCCC1)NC1CCC(CN2CCC(c3c[nH]c4ccccc34)CC2)CC1. The fourth-order valence-electron chi connectivity index (χ4n) is 6.58. The molecule has 2 aliphatic carbocycles. The molecule has 0 unspecified atom stereocenters. The normalized spacial score (nSPS) is 25.8. The molecule has 1 aliphatic heterocycles. The lowest BCUT2D eigenvalue weighted by atomic mass is 9.84. The average molecular weight is 467 g/mol. The number of nitrogens with one attached hydrogen (secondary N) is 3. The van der Waals surface area contributed by atoms with E-state index in [1.54, 1.807) is 0 Å². The quantitative estimate of drug-likeness (QED) is 0.460. The van der Waals surface area contributed by atoms with Crippen LogP contribution in [0.15, 0.2) is 30.5 Å². The Kier molecular flexibility index (Phi) is 7.88. The van der Waals surface area contributed by atoms with Crippen LogP contribution in [0.2, 0.25) is 0 Å². The van der Waals surface area contributed by atoms with Gasteiger partial charge in [-0.2, -0.15) is 0 Å². The fourth-order valence-corrected chi connectivity index (χ4v) is 6.83. The van der Waals surface area contributed by atoms with E-state index in [1.807, 2.05) is 0 Å². The Bertz CT molecular complexity index is 886. The number of H-pyrrole nitrogens is 1. The van der Waals surface area contributed by atoms with Gasteiger partial charge >= 0.3 is 0 Å². The van der Waals surface area contributed by atoms with Gasteiger partial charge in [0.15, 0.2) is 5.11 Å². The van der Waals surface area contributed by atoms with Crippen molar-refractivity contribution in [3.8, 4) is 0 Å². The van der Waals surface area contributed by atoms with Crippen molar-refractivity contribution < 1.29 is 0 Å². The maximum atomic E-state index is 5.61. The molecule has 0 amide bonds. The molecule has 5 rings (SSSR count). The van der Waals surface area contributed by atoms with Gasteiger partial charge in [-0.15, -0.1) is 0 Å². The van der Waals surface area contributed by atoms with Gasteiger partial charge in [0.05, 0.1) is 0 Å². The van der Waals surface area contributed by atoms with Crippen molar-refractivity contribution in [1.29, 1.82) is 0 Å². The first-order valence-corrected chi connectivity index (χ1v) is 14.0. The number of aromatic nitrogens is 1. The van der Waals surface area contributed by atoms with E-state index >= 15 is 0 Å². The predicted octanol–water partition coefficient (Wildman–Crippen LogP) is 5.95. The van der Waals surface area contributed by atoms with Gasteiger partial charge in [0.2, 0.25) is 0 Å². The minimum absolute atomic E-state index is 0.570. The van der Waals surface area contributed by atoms with Crippen molar-refractivity contribution in [2.24, 2.45) is 11.8 Å². The van der Waals surface area contributed by atoms with Crippen LogP contribution in [0.1, 0.15) is 82.1 Å². The molecule has 2 aromatic rings. The van der Waals surface area contributed by atoms with Crippen LogP contribution in [-0.2, 0) is 0 Å². The van der Waals surface area contributed by atoms with E-state index in [9.17, 15) is 0 Å². The topological polar surface area (TPSA) is 43.1 Å². The van der Waals surface area contributed by atoms with Crippen LogP contribution in [0.25, 0.3) is 10.9 Å². The second-order valence-electron chi connectivity index (χ2n) is 10.9. The number of para-hydroxylation sites is 1. The largest absolute Gasteiger partial charge is 0.362 e. The van der Waals surface area contributed by atoms with Gasteiger partial charge in [-0.25, -0.2) is 0 Å². The summed E-state index contributed by atoms with van der Waals surface area (Å²) in [6.07, 6.45) is 17.0. The Morgan fingerprint density at radius 1 is 0.909 bits per heavy atom. The molecule has 4 nitrogen and oxygen atoms in total. The number of fused-ring (bicyclic) bond motifs is 1. The van der Waals surface area contributed by atoms with E-state index in [-0.39, 0.29) is 0 Å². The van der Waals surface area contributed by atoms with Crippen molar-refractivity contribution in [2.45, 2.75) is 82.6 Å². The molecule has 1 saturated heterocycles. The zero-order chi connectivity index (χ0) is 22.5. The number of nitrogens with zero attached hydrogens (tertiary/aromatic N) is 1. The second kappa shape index (κ2) is 11.2. The van der Waals surface area contributed by atoms with E-state index in [0.717, 1.165) is 23.5 Å². The highest BCUT2D eigenvalue weighted by atomic mass is 32.1. The zero-order valence-corrected chi connectivity index (χ0v) is 21.0. The van der Waals surface area contributed by atoms with Crippen molar-refractivity contribution in [3.05, 3.63) is 36.0 Å². The molecular formula is C28H42N4S. The number of piperidine rings is 1. The van der Waals surface area contributed by atoms with Gasteiger partial charge in [-0.3, -0.25) is 0 Å². The van der Waals surface area contributed by atoms with Crippen molar-refractivity contribution in [1.82, 2.24) is 20.5 Å². The molecule has 33 heavy (non-hydrogen) atoms. The lowest BCUT2D eigenvalue weighted by Gasteiger charge is -2.37. The summed E-state index contributed by atoms with van der Waals surface area (Å²) in [5, 5.41) is 9.45. The molecule has 3 aliphatic rings. The minimum Gasteiger partial charge on any atom is -0.362 e. The molecule has 0 bridgehead atoms. The van der Waals surface area contributed by atoms with Gasteiger partial charge in [-0.05, 0) is 106 Å². The molecule has 0 atom stereocenters. The lowest BCUT2D eigenvalue weighted by Crippen LogP contribution is -2.45. The van der Waals surface area contributed by atoms with E-state index in [1.165, 1.54) is 107 Å². The number of benzene rings is 1. The summed E-state index contributed by atoms with van der Waals surface area (Å²) in [5.74, 6) is 2.39. The lowest BCUT2D eigenvalue weighted by molar-refractivity contribution is 0.158. The Morgan fingerprint density at radius 2 is 1.67 bits per heavy atom.